The van der Waals surface area contributed by atoms with Gasteiger partial charge < -0.3 is 17.2 Å². The molecule has 0 saturated heterocycles. The van der Waals surface area contributed by atoms with Crippen LogP contribution in [-0.4, -0.2) is 30.7 Å². The topological polar surface area (TPSA) is 150 Å². The minimum atomic E-state index is -5.58. The number of nitrogens with two attached hydrogens (primary N) is 3. The van der Waals surface area contributed by atoms with E-state index in [9.17, 15) is 21.6 Å². The van der Waals surface area contributed by atoms with Crippen LogP contribution in [-0.2, 0) is 16.4 Å². The van der Waals surface area contributed by atoms with Crippen LogP contribution in [0.3, 0.4) is 0 Å². The largest absolute Gasteiger partial charge is 0.518 e. The molecule has 1 aromatic heterocycles. The number of sulfonamides is 1. The Morgan fingerprint density at radius 2 is 1.91 bits per heavy atom. The summed E-state index contributed by atoms with van der Waals surface area (Å²) in [7, 11) is -5.58. The summed E-state index contributed by atoms with van der Waals surface area (Å²) >= 11 is 1.24. The number of unbranched alkanes of at least 4 members (excludes halogenated alkanes) is 1. The number of aliphatic imine (C=N–C) groups is 1. The number of amidine groups is 1. The molecule has 0 fully saturated rings. The lowest BCUT2D eigenvalue weighted by molar-refractivity contribution is -0.0435. The number of guanidine groups is 1. The molecule has 0 saturated carbocycles. The van der Waals surface area contributed by atoms with Crippen molar-refractivity contribution in [1.82, 2.24) is 4.98 Å². The van der Waals surface area contributed by atoms with Gasteiger partial charge in [-0.3, -0.25) is 0 Å². The number of aryl methyl sites for hydroxylation is 1. The second-order valence-electron chi connectivity index (χ2n) is 4.37. The molecule has 0 aliphatic rings. The Balaban J connectivity index is 2.46. The predicted molar refractivity (Wildman–Crippen MR) is 81.7 cm³/mol. The number of halogens is 3. The molecule has 0 aromatic carbocycles. The van der Waals surface area contributed by atoms with Gasteiger partial charge in [0.15, 0.2) is 5.96 Å². The Morgan fingerprint density at radius 3 is 2.48 bits per heavy atom. The first-order chi connectivity index (χ1) is 10.5. The molecule has 0 amide bonds. The van der Waals surface area contributed by atoms with Crippen LogP contribution < -0.4 is 17.2 Å². The van der Waals surface area contributed by atoms with E-state index in [1.165, 1.54) is 11.3 Å². The predicted octanol–water partition coefficient (Wildman–Crippen LogP) is 0.968. The normalized spacial score (nSPS) is 13.1. The number of alkyl halides is 3. The van der Waals surface area contributed by atoms with Crippen LogP contribution in [0.2, 0.25) is 0 Å². The molecule has 13 heteroatoms. The Labute approximate surface area is 134 Å². The molecule has 130 valence electrons. The second kappa shape index (κ2) is 7.59. The highest BCUT2D eigenvalue weighted by molar-refractivity contribution is 7.91. The van der Waals surface area contributed by atoms with Gasteiger partial charge in [-0.1, -0.05) is 0 Å². The standard InChI is InChI=1S/C10H15F3N6O2S2/c11-10(12,13)23(20,21)19-7(14)4-2-1-3-6-5-22-9(17-6)18-8(15)16/h5H,1-4H2,(H2,14,19)(H4,15,16,17,18). The maximum Gasteiger partial charge on any atom is 0.518 e. The van der Waals surface area contributed by atoms with E-state index in [1.807, 2.05) is 0 Å². The summed E-state index contributed by atoms with van der Waals surface area (Å²) in [6.45, 7) is 0. The third-order valence-electron chi connectivity index (χ3n) is 2.41. The minimum absolute atomic E-state index is 0.0692. The fraction of sp³-hybridized carbons (Fsp3) is 0.500. The van der Waals surface area contributed by atoms with E-state index in [0.29, 0.717) is 30.1 Å². The zero-order chi connectivity index (χ0) is 17.7. The van der Waals surface area contributed by atoms with Crippen molar-refractivity contribution in [2.75, 3.05) is 0 Å². The van der Waals surface area contributed by atoms with E-state index in [0.717, 1.165) is 0 Å². The van der Waals surface area contributed by atoms with Crippen LogP contribution in [0.1, 0.15) is 25.0 Å². The number of hydrogen-bond acceptors (Lipinski definition) is 5. The SMILES string of the molecule is NC(N)=Nc1nc(CCCCC(N)=NS(=O)(=O)C(F)(F)F)cs1. The van der Waals surface area contributed by atoms with E-state index < -0.39 is 21.4 Å². The molecule has 23 heavy (non-hydrogen) atoms. The number of thiazole rings is 1. The van der Waals surface area contributed by atoms with Crippen LogP contribution in [0, 0.1) is 0 Å². The molecular formula is C10H15F3N6O2S2. The van der Waals surface area contributed by atoms with Crippen molar-refractivity contribution in [3.05, 3.63) is 11.1 Å². The molecule has 1 rings (SSSR count). The van der Waals surface area contributed by atoms with Crippen LogP contribution in [0.25, 0.3) is 0 Å². The second-order valence-corrected chi connectivity index (χ2v) is 6.80. The van der Waals surface area contributed by atoms with Crippen LogP contribution in [0.5, 0.6) is 0 Å². The molecule has 0 bridgehead atoms. The fourth-order valence-electron chi connectivity index (χ4n) is 1.44. The first kappa shape index (κ1) is 19.2. The number of aromatic nitrogens is 1. The van der Waals surface area contributed by atoms with Gasteiger partial charge in [0.1, 0.15) is 5.84 Å². The fourth-order valence-corrected chi connectivity index (χ4v) is 2.68. The summed E-state index contributed by atoms with van der Waals surface area (Å²) in [5.41, 5.74) is 10.9. The molecule has 0 spiro atoms. The van der Waals surface area contributed by atoms with Crippen molar-refractivity contribution in [1.29, 1.82) is 0 Å². The van der Waals surface area contributed by atoms with Crippen LogP contribution >= 0.6 is 11.3 Å². The van der Waals surface area contributed by atoms with Gasteiger partial charge in [0.25, 0.3) is 0 Å². The zero-order valence-electron chi connectivity index (χ0n) is 11.7. The molecule has 1 aromatic rings. The molecule has 0 unspecified atom stereocenters. The lowest BCUT2D eigenvalue weighted by atomic mass is 10.1. The molecule has 0 radical (unpaired) electrons. The third-order valence-corrected chi connectivity index (χ3v) is 4.25. The molecule has 0 aliphatic carbocycles. The molecule has 0 atom stereocenters. The Kier molecular flexibility index (Phi) is 6.32. The van der Waals surface area contributed by atoms with E-state index in [-0.39, 0.29) is 12.4 Å². The Hall–Kier alpha value is -1.89. The lowest BCUT2D eigenvalue weighted by Gasteiger charge is -2.04. The van der Waals surface area contributed by atoms with Crippen molar-refractivity contribution in [3.8, 4) is 0 Å². The Morgan fingerprint density at radius 1 is 1.26 bits per heavy atom. The summed E-state index contributed by atoms with van der Waals surface area (Å²) in [5, 5.41) is 2.14. The Bertz CT molecular complexity index is 692. The molecule has 0 aliphatic heterocycles. The lowest BCUT2D eigenvalue weighted by Crippen LogP contribution is -2.24. The number of rotatable bonds is 7. The third kappa shape index (κ3) is 6.40. The van der Waals surface area contributed by atoms with E-state index in [4.69, 9.17) is 17.2 Å². The summed E-state index contributed by atoms with van der Waals surface area (Å²) in [5.74, 6) is -0.692. The van der Waals surface area contributed by atoms with Crippen molar-refractivity contribution in [2.45, 2.75) is 31.2 Å². The van der Waals surface area contributed by atoms with Gasteiger partial charge in [-0.25, -0.2) is 4.98 Å². The summed E-state index contributed by atoms with van der Waals surface area (Å²) in [6, 6.07) is 0. The maximum absolute atomic E-state index is 12.1. The highest BCUT2D eigenvalue weighted by Crippen LogP contribution is 2.25. The van der Waals surface area contributed by atoms with E-state index >= 15 is 0 Å². The highest BCUT2D eigenvalue weighted by Gasteiger charge is 2.46. The van der Waals surface area contributed by atoms with Gasteiger partial charge in [-0.05, 0) is 19.3 Å². The van der Waals surface area contributed by atoms with Crippen molar-refractivity contribution < 1.29 is 21.6 Å². The number of nitrogens with zero attached hydrogens (tertiary/aromatic N) is 3. The van der Waals surface area contributed by atoms with Crippen molar-refractivity contribution in [2.24, 2.45) is 26.6 Å². The van der Waals surface area contributed by atoms with E-state index in [2.05, 4.69) is 14.4 Å². The van der Waals surface area contributed by atoms with Gasteiger partial charge in [0, 0.05) is 11.8 Å². The van der Waals surface area contributed by atoms with Gasteiger partial charge in [0.2, 0.25) is 5.13 Å². The quantitative estimate of drug-likeness (QED) is 0.369. The van der Waals surface area contributed by atoms with Crippen molar-refractivity contribution in [3.63, 3.8) is 0 Å². The average molecular weight is 372 g/mol. The summed E-state index contributed by atoms with van der Waals surface area (Å²) < 4.78 is 60.4. The highest BCUT2D eigenvalue weighted by atomic mass is 32.2. The molecular weight excluding hydrogens is 357 g/mol. The van der Waals surface area contributed by atoms with Gasteiger partial charge in [-0.2, -0.15) is 26.6 Å². The summed E-state index contributed by atoms with van der Waals surface area (Å²) in [6.07, 6.45) is 1.35. The van der Waals surface area contributed by atoms with Gasteiger partial charge in [0.05, 0.1) is 5.69 Å². The van der Waals surface area contributed by atoms with Crippen LogP contribution in [0.4, 0.5) is 18.3 Å². The first-order valence-corrected chi connectivity index (χ1v) is 8.53. The molecule has 8 nitrogen and oxygen atoms in total. The van der Waals surface area contributed by atoms with Gasteiger partial charge in [-0.15, -0.1) is 15.7 Å². The minimum Gasteiger partial charge on any atom is -0.386 e. The number of hydrogen-bond donors (Lipinski definition) is 3. The van der Waals surface area contributed by atoms with Crippen LogP contribution in [0.15, 0.2) is 14.8 Å². The van der Waals surface area contributed by atoms with Crippen molar-refractivity contribution >= 4 is 38.3 Å². The molecule has 1 heterocycles. The van der Waals surface area contributed by atoms with E-state index in [1.54, 1.807) is 5.38 Å². The zero-order valence-corrected chi connectivity index (χ0v) is 13.4. The van der Waals surface area contributed by atoms with Gasteiger partial charge >= 0.3 is 15.5 Å². The monoisotopic (exact) mass is 372 g/mol. The first-order valence-electron chi connectivity index (χ1n) is 6.21. The average Bonchev–Trinajstić information content (AvgIpc) is 2.79. The smallest absolute Gasteiger partial charge is 0.386 e. The summed E-state index contributed by atoms with van der Waals surface area (Å²) in [4.78, 5) is 7.89. The maximum atomic E-state index is 12.1. The molecule has 6 N–H and O–H groups in total.